The average Bonchev–Trinajstić information content (AvgIpc) is 3.46. The highest BCUT2D eigenvalue weighted by molar-refractivity contribution is 9.10. The van der Waals surface area contributed by atoms with Crippen LogP contribution in [0.5, 0.6) is 0 Å². The van der Waals surface area contributed by atoms with E-state index in [1.807, 2.05) is 29.6 Å². The molecule has 3 heterocycles. The van der Waals surface area contributed by atoms with Crippen LogP contribution in [0, 0.1) is 10.1 Å². The van der Waals surface area contributed by atoms with Crippen LogP contribution >= 0.6 is 27.3 Å². The Balaban J connectivity index is 1.36. The van der Waals surface area contributed by atoms with E-state index in [-0.39, 0.29) is 11.7 Å². The minimum atomic E-state index is -0.542. The van der Waals surface area contributed by atoms with Crippen molar-refractivity contribution < 1.29 is 9.72 Å². The van der Waals surface area contributed by atoms with Gasteiger partial charge in [-0.2, -0.15) is 9.78 Å². The number of rotatable bonds is 7. The molecular weight excluding hydrogens is 472 g/mol. The number of benzene rings is 1. The minimum Gasteiger partial charge on any atom is -0.358 e. The third-order valence-electron chi connectivity index (χ3n) is 4.18. The van der Waals surface area contributed by atoms with Crippen LogP contribution in [0.3, 0.4) is 0 Å². The number of carbonyl (C=O) groups excluding carboxylic acids is 1. The molecule has 4 aromatic rings. The lowest BCUT2D eigenvalue weighted by Crippen LogP contribution is -2.09. The monoisotopic (exact) mass is 486 g/mol. The van der Waals surface area contributed by atoms with Crippen LogP contribution in [-0.2, 0) is 13.1 Å². The third kappa shape index (κ3) is 4.81. The number of thiophene rings is 1. The van der Waals surface area contributed by atoms with Crippen LogP contribution in [0.4, 0.5) is 11.5 Å². The molecule has 0 unspecified atom stereocenters. The molecule has 0 bridgehead atoms. The number of nitrogens with zero attached hydrogens (tertiary/aromatic N) is 5. The van der Waals surface area contributed by atoms with Crippen molar-refractivity contribution in [2.45, 2.75) is 13.1 Å². The van der Waals surface area contributed by atoms with Gasteiger partial charge in [-0.3, -0.25) is 9.48 Å². The molecular formula is C19H15BrN6O3S. The fourth-order valence-electron chi connectivity index (χ4n) is 2.79. The van der Waals surface area contributed by atoms with E-state index in [9.17, 15) is 14.9 Å². The molecule has 0 aliphatic carbocycles. The van der Waals surface area contributed by atoms with Gasteiger partial charge in [0.2, 0.25) is 0 Å². The van der Waals surface area contributed by atoms with Gasteiger partial charge in [0.15, 0.2) is 0 Å². The summed E-state index contributed by atoms with van der Waals surface area (Å²) in [5.41, 5.74) is 2.55. The van der Waals surface area contributed by atoms with Gasteiger partial charge in [-0.05, 0) is 39.6 Å². The molecule has 0 atom stereocenters. The van der Waals surface area contributed by atoms with Crippen molar-refractivity contribution in [2.75, 3.05) is 5.32 Å². The highest BCUT2D eigenvalue weighted by Gasteiger charge is 2.14. The predicted octanol–water partition coefficient (Wildman–Crippen LogP) is 4.16. The first-order valence-electron chi connectivity index (χ1n) is 8.80. The molecule has 3 aromatic heterocycles. The molecule has 9 nitrogen and oxygen atoms in total. The Morgan fingerprint density at radius 2 is 1.93 bits per heavy atom. The highest BCUT2D eigenvalue weighted by Crippen LogP contribution is 2.19. The second-order valence-electron chi connectivity index (χ2n) is 6.46. The van der Waals surface area contributed by atoms with E-state index >= 15 is 0 Å². The predicted molar refractivity (Wildman–Crippen MR) is 116 cm³/mol. The molecule has 1 N–H and O–H groups in total. The first-order chi connectivity index (χ1) is 14.5. The number of nitro groups is 1. The van der Waals surface area contributed by atoms with E-state index in [4.69, 9.17) is 0 Å². The Hall–Kier alpha value is -3.31. The van der Waals surface area contributed by atoms with Crippen LogP contribution in [0.2, 0.25) is 0 Å². The van der Waals surface area contributed by atoms with Crippen LogP contribution in [0.15, 0.2) is 64.8 Å². The van der Waals surface area contributed by atoms with Gasteiger partial charge >= 0.3 is 5.82 Å². The molecule has 0 saturated heterocycles. The third-order valence-corrected chi connectivity index (χ3v) is 5.69. The van der Waals surface area contributed by atoms with Crippen molar-refractivity contribution in [3.63, 3.8) is 0 Å². The van der Waals surface area contributed by atoms with Gasteiger partial charge in [0.25, 0.3) is 5.91 Å². The van der Waals surface area contributed by atoms with Crippen LogP contribution in [0.25, 0.3) is 0 Å². The van der Waals surface area contributed by atoms with Gasteiger partial charge < -0.3 is 15.4 Å². The fraction of sp³-hybridized carbons (Fsp3) is 0.105. The van der Waals surface area contributed by atoms with Crippen molar-refractivity contribution in [1.29, 1.82) is 0 Å². The first-order valence-corrected chi connectivity index (χ1v) is 10.5. The molecule has 0 aliphatic rings. The summed E-state index contributed by atoms with van der Waals surface area (Å²) in [7, 11) is 0. The van der Waals surface area contributed by atoms with Gasteiger partial charge in [-0.25, -0.2) is 0 Å². The van der Waals surface area contributed by atoms with Crippen LogP contribution < -0.4 is 5.32 Å². The molecule has 30 heavy (non-hydrogen) atoms. The first kappa shape index (κ1) is 20.0. The second-order valence-corrected chi connectivity index (χ2v) is 8.28. The molecule has 152 valence electrons. The number of hydrogen-bond acceptors (Lipinski definition) is 6. The Morgan fingerprint density at radius 3 is 2.67 bits per heavy atom. The van der Waals surface area contributed by atoms with E-state index in [0.717, 1.165) is 15.6 Å². The van der Waals surface area contributed by atoms with Crippen molar-refractivity contribution in [3.05, 3.63) is 91.0 Å². The van der Waals surface area contributed by atoms with E-state index in [0.29, 0.717) is 23.7 Å². The lowest BCUT2D eigenvalue weighted by molar-refractivity contribution is -0.389. The quantitative estimate of drug-likeness (QED) is 0.311. The molecule has 11 heteroatoms. The lowest BCUT2D eigenvalue weighted by atomic mass is 10.2. The van der Waals surface area contributed by atoms with Gasteiger partial charge in [-0.1, -0.05) is 28.1 Å². The summed E-state index contributed by atoms with van der Waals surface area (Å²) in [5.74, 6) is -0.441. The van der Waals surface area contributed by atoms with E-state index in [2.05, 4.69) is 31.4 Å². The smallest absolute Gasteiger partial charge is 0.358 e. The molecule has 1 aromatic carbocycles. The van der Waals surface area contributed by atoms with Gasteiger partial charge in [0, 0.05) is 10.7 Å². The second kappa shape index (κ2) is 8.59. The minimum absolute atomic E-state index is 0.205. The molecule has 0 saturated carbocycles. The maximum atomic E-state index is 12.5. The number of amides is 1. The lowest BCUT2D eigenvalue weighted by Gasteiger charge is -2.02. The molecule has 1 amide bonds. The molecule has 0 radical (unpaired) electrons. The summed E-state index contributed by atoms with van der Waals surface area (Å²) in [6.07, 6.45) is 4.92. The SMILES string of the molecule is O=C(Nc1cnn(Cc2ccc(Br)cc2)c1)c1cc(Cn2ccc([N+](=O)[O-])n2)cs1. The van der Waals surface area contributed by atoms with Crippen molar-refractivity contribution in [1.82, 2.24) is 19.6 Å². The maximum Gasteiger partial charge on any atom is 0.389 e. The Labute approximate surface area is 183 Å². The molecule has 0 spiro atoms. The molecule has 0 fully saturated rings. The standard InChI is InChI=1S/C19H15BrN6O3S/c20-15-3-1-13(2-4-15)9-25-11-16(8-21-25)22-19(27)17-7-14(12-30-17)10-24-6-5-18(23-24)26(28)29/h1-8,11-12H,9-10H2,(H,22,27). The van der Waals surface area contributed by atoms with Crippen molar-refractivity contribution in [3.8, 4) is 0 Å². The number of anilines is 1. The zero-order valence-electron chi connectivity index (χ0n) is 15.4. The number of nitrogens with one attached hydrogen (secondary N) is 1. The van der Waals surface area contributed by atoms with Gasteiger partial charge in [0.05, 0.1) is 47.2 Å². The number of aromatic nitrogens is 4. The van der Waals surface area contributed by atoms with Crippen molar-refractivity contribution >= 4 is 44.7 Å². The summed E-state index contributed by atoms with van der Waals surface area (Å²) < 4.78 is 4.23. The molecule has 0 aliphatic heterocycles. The summed E-state index contributed by atoms with van der Waals surface area (Å²) in [5, 5.41) is 23.6. The van der Waals surface area contributed by atoms with E-state index in [1.54, 1.807) is 23.1 Å². The average molecular weight is 487 g/mol. The summed E-state index contributed by atoms with van der Waals surface area (Å²) in [6, 6.07) is 11.0. The van der Waals surface area contributed by atoms with Crippen LogP contribution in [0.1, 0.15) is 20.8 Å². The van der Waals surface area contributed by atoms with Gasteiger partial charge in [-0.15, -0.1) is 11.3 Å². The molecule has 4 rings (SSSR count). The highest BCUT2D eigenvalue weighted by atomic mass is 79.9. The summed E-state index contributed by atoms with van der Waals surface area (Å²) in [6.45, 7) is 0.949. The zero-order chi connectivity index (χ0) is 21.1. The van der Waals surface area contributed by atoms with E-state index < -0.39 is 4.92 Å². The number of halogens is 1. The zero-order valence-corrected chi connectivity index (χ0v) is 17.8. The Morgan fingerprint density at radius 1 is 1.17 bits per heavy atom. The summed E-state index contributed by atoms with van der Waals surface area (Å²) in [4.78, 5) is 23.2. The Kier molecular flexibility index (Phi) is 5.72. The normalized spacial score (nSPS) is 10.8. The van der Waals surface area contributed by atoms with Crippen LogP contribution in [-0.4, -0.2) is 30.4 Å². The van der Waals surface area contributed by atoms with Gasteiger partial charge in [0.1, 0.15) is 0 Å². The van der Waals surface area contributed by atoms with E-state index in [1.165, 1.54) is 28.3 Å². The maximum absolute atomic E-state index is 12.5. The largest absolute Gasteiger partial charge is 0.389 e. The Bertz CT molecular complexity index is 1200. The topological polar surface area (TPSA) is 108 Å². The fourth-order valence-corrected chi connectivity index (χ4v) is 3.85. The number of hydrogen-bond donors (Lipinski definition) is 1. The van der Waals surface area contributed by atoms with Crippen molar-refractivity contribution in [2.24, 2.45) is 0 Å². The summed E-state index contributed by atoms with van der Waals surface area (Å²) >= 11 is 4.71. The number of carbonyl (C=O) groups is 1.